The fraction of sp³-hybridized carbons (Fsp3) is 0.455. The van der Waals surface area contributed by atoms with Crippen LogP contribution in [0.3, 0.4) is 0 Å². The molecular formula is C22H29N3O2. The summed E-state index contributed by atoms with van der Waals surface area (Å²) in [4.78, 5) is 4.96. The van der Waals surface area contributed by atoms with Crippen molar-refractivity contribution in [1.82, 2.24) is 4.90 Å². The van der Waals surface area contributed by atoms with Crippen molar-refractivity contribution in [1.29, 1.82) is 0 Å². The molecule has 2 aliphatic rings. The number of fused-ring (bicyclic) bond motifs is 1. The highest BCUT2D eigenvalue weighted by Gasteiger charge is 2.21. The molecule has 0 bridgehead atoms. The number of benzene rings is 2. The minimum atomic E-state index is 0.388. The minimum absolute atomic E-state index is 0.388. The van der Waals surface area contributed by atoms with E-state index in [1.807, 2.05) is 18.2 Å². The number of phenolic OH excluding ortho intramolecular Hbond substituents is 1. The first-order valence-electron chi connectivity index (χ1n) is 9.94. The Bertz CT molecular complexity index is 785. The van der Waals surface area contributed by atoms with Gasteiger partial charge < -0.3 is 20.1 Å². The van der Waals surface area contributed by atoms with E-state index in [9.17, 15) is 5.11 Å². The summed E-state index contributed by atoms with van der Waals surface area (Å²) in [5.74, 6) is 1.34. The van der Waals surface area contributed by atoms with Crippen molar-refractivity contribution in [3.8, 4) is 11.5 Å². The average molecular weight is 367 g/mol. The number of methoxy groups -OCH3 is 1. The average Bonchev–Trinajstić information content (AvgIpc) is 2.74. The van der Waals surface area contributed by atoms with Crippen LogP contribution in [0.1, 0.15) is 17.5 Å². The molecule has 2 N–H and O–H groups in total. The molecule has 2 aromatic carbocycles. The van der Waals surface area contributed by atoms with Crippen molar-refractivity contribution < 1.29 is 9.84 Å². The van der Waals surface area contributed by atoms with Gasteiger partial charge in [0.15, 0.2) is 0 Å². The Hall–Kier alpha value is -2.40. The summed E-state index contributed by atoms with van der Waals surface area (Å²) in [6.45, 7) is 6.20. The smallest absolute Gasteiger partial charge is 0.142 e. The lowest BCUT2D eigenvalue weighted by Gasteiger charge is -2.36. The van der Waals surface area contributed by atoms with Crippen LogP contribution in [0.4, 0.5) is 11.4 Å². The third-order valence-electron chi connectivity index (χ3n) is 5.79. The van der Waals surface area contributed by atoms with Crippen LogP contribution in [0.5, 0.6) is 11.5 Å². The molecule has 0 aliphatic carbocycles. The van der Waals surface area contributed by atoms with Crippen LogP contribution in [-0.4, -0.2) is 56.4 Å². The lowest BCUT2D eigenvalue weighted by molar-refractivity contribution is 0.260. The van der Waals surface area contributed by atoms with E-state index in [1.165, 1.54) is 16.8 Å². The van der Waals surface area contributed by atoms with E-state index in [4.69, 9.17) is 4.74 Å². The van der Waals surface area contributed by atoms with E-state index in [0.29, 0.717) is 5.75 Å². The number of piperazine rings is 1. The molecule has 4 rings (SSSR count). The highest BCUT2D eigenvalue weighted by Crippen LogP contribution is 2.34. The number of aromatic hydroxyl groups is 1. The van der Waals surface area contributed by atoms with Gasteiger partial charge in [0, 0.05) is 39.3 Å². The number of hydrogen-bond acceptors (Lipinski definition) is 5. The molecule has 27 heavy (non-hydrogen) atoms. The Morgan fingerprint density at radius 1 is 1.07 bits per heavy atom. The van der Waals surface area contributed by atoms with Crippen molar-refractivity contribution >= 4 is 11.4 Å². The largest absolute Gasteiger partial charge is 0.506 e. The predicted molar refractivity (Wildman–Crippen MR) is 110 cm³/mol. The number of nitrogens with one attached hydrogen (secondary N) is 1. The molecular weight excluding hydrogens is 338 g/mol. The Morgan fingerprint density at radius 2 is 1.89 bits per heavy atom. The fourth-order valence-corrected chi connectivity index (χ4v) is 4.26. The number of nitrogens with zero attached hydrogens (tertiary/aromatic N) is 2. The molecule has 0 unspecified atom stereocenters. The molecule has 0 atom stereocenters. The number of rotatable bonds is 5. The topological polar surface area (TPSA) is 48.0 Å². The van der Waals surface area contributed by atoms with E-state index >= 15 is 0 Å². The van der Waals surface area contributed by atoms with Gasteiger partial charge in [0.05, 0.1) is 18.5 Å². The summed E-state index contributed by atoms with van der Waals surface area (Å²) in [5.41, 5.74) is 4.84. The van der Waals surface area contributed by atoms with Gasteiger partial charge in [-0.05, 0) is 48.6 Å². The zero-order valence-corrected chi connectivity index (χ0v) is 16.1. The van der Waals surface area contributed by atoms with Crippen LogP contribution in [0.25, 0.3) is 0 Å². The standard InChI is InChI=1S/C22H29N3O2/c1-27-21-7-3-2-6-19(21)25-15-13-24(14-16-25)12-10-17-8-9-20(26)22-18(17)5-4-11-23-22/h2-3,6-9,23,26H,4-5,10-16H2,1H3. The lowest BCUT2D eigenvalue weighted by Crippen LogP contribution is -2.47. The van der Waals surface area contributed by atoms with Crippen LogP contribution in [0.2, 0.25) is 0 Å². The highest BCUT2D eigenvalue weighted by molar-refractivity contribution is 5.65. The van der Waals surface area contributed by atoms with Gasteiger partial charge in [-0.2, -0.15) is 0 Å². The maximum absolute atomic E-state index is 10.1. The summed E-state index contributed by atoms with van der Waals surface area (Å²) >= 11 is 0. The second kappa shape index (κ2) is 8.09. The van der Waals surface area contributed by atoms with E-state index in [1.54, 1.807) is 7.11 Å². The molecule has 1 fully saturated rings. The van der Waals surface area contributed by atoms with Crippen molar-refractivity contribution in [3.63, 3.8) is 0 Å². The normalized spacial score (nSPS) is 17.3. The number of anilines is 2. The summed E-state index contributed by atoms with van der Waals surface area (Å²) in [7, 11) is 1.74. The van der Waals surface area contributed by atoms with Crippen molar-refractivity contribution in [2.24, 2.45) is 0 Å². The first kappa shape index (κ1) is 18.0. The molecule has 5 nitrogen and oxygen atoms in total. The van der Waals surface area contributed by atoms with Crippen LogP contribution >= 0.6 is 0 Å². The highest BCUT2D eigenvalue weighted by atomic mass is 16.5. The summed E-state index contributed by atoms with van der Waals surface area (Å²) in [6, 6.07) is 12.2. The monoisotopic (exact) mass is 367 g/mol. The molecule has 2 heterocycles. The molecule has 0 saturated carbocycles. The molecule has 0 spiro atoms. The Balaban J connectivity index is 1.35. The summed E-state index contributed by atoms with van der Waals surface area (Å²) in [5, 5.41) is 13.5. The molecule has 2 aliphatic heterocycles. The maximum Gasteiger partial charge on any atom is 0.142 e. The van der Waals surface area contributed by atoms with Crippen LogP contribution in [0, 0.1) is 0 Å². The lowest BCUT2D eigenvalue weighted by atomic mass is 9.95. The SMILES string of the molecule is COc1ccccc1N1CCN(CCc2ccc(O)c3c2CCCN3)CC1. The maximum atomic E-state index is 10.1. The van der Waals surface area contributed by atoms with Crippen molar-refractivity contribution in [2.75, 3.05) is 56.6 Å². The number of para-hydroxylation sites is 2. The predicted octanol–water partition coefficient (Wildman–Crippen LogP) is 3.12. The number of phenols is 1. The Labute approximate surface area is 161 Å². The first-order valence-corrected chi connectivity index (χ1v) is 9.94. The van der Waals surface area contributed by atoms with Gasteiger partial charge in [-0.3, -0.25) is 4.90 Å². The molecule has 0 radical (unpaired) electrons. The van der Waals surface area contributed by atoms with Gasteiger partial charge in [-0.15, -0.1) is 0 Å². The third kappa shape index (κ3) is 3.83. The molecule has 1 saturated heterocycles. The van der Waals surface area contributed by atoms with E-state index in [2.05, 4.69) is 33.3 Å². The van der Waals surface area contributed by atoms with Crippen molar-refractivity contribution in [2.45, 2.75) is 19.3 Å². The molecule has 144 valence electrons. The Morgan fingerprint density at radius 3 is 2.70 bits per heavy atom. The van der Waals surface area contributed by atoms with Crippen LogP contribution < -0.4 is 15.0 Å². The summed E-state index contributed by atoms with van der Waals surface area (Å²) in [6.07, 6.45) is 3.24. The molecule has 0 aromatic heterocycles. The van der Waals surface area contributed by atoms with Gasteiger partial charge >= 0.3 is 0 Å². The van der Waals surface area contributed by atoms with Crippen molar-refractivity contribution in [3.05, 3.63) is 47.5 Å². The molecule has 0 amide bonds. The Kier molecular flexibility index (Phi) is 5.39. The van der Waals surface area contributed by atoms with Crippen LogP contribution in [0.15, 0.2) is 36.4 Å². The minimum Gasteiger partial charge on any atom is -0.506 e. The summed E-state index contributed by atoms with van der Waals surface area (Å²) < 4.78 is 5.51. The second-order valence-corrected chi connectivity index (χ2v) is 7.38. The third-order valence-corrected chi connectivity index (χ3v) is 5.79. The zero-order valence-electron chi connectivity index (χ0n) is 16.1. The number of hydrogen-bond donors (Lipinski definition) is 2. The van der Waals surface area contributed by atoms with Gasteiger partial charge in [0.1, 0.15) is 11.5 Å². The fourth-order valence-electron chi connectivity index (χ4n) is 4.26. The molecule has 5 heteroatoms. The van der Waals surface area contributed by atoms with Gasteiger partial charge in [-0.1, -0.05) is 18.2 Å². The number of ether oxygens (including phenoxy) is 1. The second-order valence-electron chi connectivity index (χ2n) is 7.38. The van der Waals surface area contributed by atoms with Gasteiger partial charge in [-0.25, -0.2) is 0 Å². The molecule has 2 aromatic rings. The van der Waals surface area contributed by atoms with E-state index in [-0.39, 0.29) is 0 Å². The van der Waals surface area contributed by atoms with Gasteiger partial charge in [0.25, 0.3) is 0 Å². The van der Waals surface area contributed by atoms with E-state index < -0.39 is 0 Å². The van der Waals surface area contributed by atoms with E-state index in [0.717, 1.165) is 70.0 Å². The van der Waals surface area contributed by atoms with Gasteiger partial charge in [0.2, 0.25) is 0 Å². The zero-order chi connectivity index (χ0) is 18.6. The quantitative estimate of drug-likeness (QED) is 0.795. The van der Waals surface area contributed by atoms with Crippen LogP contribution in [-0.2, 0) is 12.8 Å². The first-order chi connectivity index (χ1) is 13.3.